The van der Waals surface area contributed by atoms with E-state index >= 15 is 0 Å². The fourth-order valence-electron chi connectivity index (χ4n) is 2.54. The Bertz CT molecular complexity index is 378. The van der Waals surface area contributed by atoms with E-state index in [1.807, 2.05) is 0 Å². The van der Waals surface area contributed by atoms with Gasteiger partial charge in [0.25, 0.3) is 0 Å². The Balaban J connectivity index is 2.05. The van der Waals surface area contributed by atoms with Crippen molar-refractivity contribution in [3.63, 3.8) is 0 Å². The summed E-state index contributed by atoms with van der Waals surface area (Å²) < 4.78 is 25.9. The molecule has 0 aliphatic heterocycles. The van der Waals surface area contributed by atoms with E-state index in [2.05, 4.69) is 0 Å². The fourth-order valence-corrected chi connectivity index (χ4v) is 2.91. The molecule has 1 aliphatic carbocycles. The van der Waals surface area contributed by atoms with E-state index in [0.717, 1.165) is 24.8 Å². The first-order valence-corrected chi connectivity index (χ1v) is 6.68. The molecule has 1 saturated carbocycles. The third-order valence-corrected chi connectivity index (χ3v) is 4.12. The minimum atomic E-state index is -0.781. The molecule has 3 heteroatoms. The average molecular weight is 259 g/mol. The fraction of sp³-hybridized carbons (Fsp3) is 0.571. The van der Waals surface area contributed by atoms with Gasteiger partial charge >= 0.3 is 0 Å². The molecule has 2 unspecified atom stereocenters. The number of rotatable bonds is 2. The van der Waals surface area contributed by atoms with Crippen LogP contribution in [-0.2, 0) is 6.42 Å². The Labute approximate surface area is 106 Å². The molecule has 0 radical (unpaired) electrons. The molecule has 17 heavy (non-hydrogen) atoms. The van der Waals surface area contributed by atoms with Gasteiger partial charge in [0, 0.05) is 5.38 Å². The summed E-state index contributed by atoms with van der Waals surface area (Å²) in [5.74, 6) is -1.15. The lowest BCUT2D eigenvalue weighted by Gasteiger charge is -2.19. The van der Waals surface area contributed by atoms with Crippen molar-refractivity contribution in [1.29, 1.82) is 0 Å². The summed E-state index contributed by atoms with van der Waals surface area (Å²) in [6.45, 7) is 0. The van der Waals surface area contributed by atoms with Gasteiger partial charge in [-0.15, -0.1) is 11.6 Å². The van der Waals surface area contributed by atoms with Gasteiger partial charge in [0.05, 0.1) is 0 Å². The first-order chi connectivity index (χ1) is 8.16. The normalized spacial score (nSPS) is 25.6. The molecule has 1 aromatic carbocycles. The van der Waals surface area contributed by atoms with Crippen molar-refractivity contribution in [2.75, 3.05) is 0 Å². The zero-order chi connectivity index (χ0) is 12.3. The molecule has 2 atom stereocenters. The third kappa shape index (κ3) is 3.41. The maximum Gasteiger partial charge on any atom is 0.159 e. The van der Waals surface area contributed by atoms with E-state index in [-0.39, 0.29) is 5.38 Å². The van der Waals surface area contributed by atoms with Crippen LogP contribution in [0.25, 0.3) is 0 Å². The SMILES string of the molecule is Fc1ccc(CC2CCCCCC2Cl)cc1F. The Morgan fingerprint density at radius 1 is 1.06 bits per heavy atom. The maximum atomic E-state index is 13.1. The van der Waals surface area contributed by atoms with E-state index in [1.165, 1.54) is 31.4 Å². The van der Waals surface area contributed by atoms with Gasteiger partial charge in [0.2, 0.25) is 0 Å². The molecule has 0 amide bonds. The minimum absolute atomic E-state index is 0.172. The molecule has 1 fully saturated rings. The van der Waals surface area contributed by atoms with E-state index in [0.29, 0.717) is 5.92 Å². The van der Waals surface area contributed by atoms with Crippen LogP contribution in [0.3, 0.4) is 0 Å². The molecule has 1 aliphatic rings. The molecule has 94 valence electrons. The summed E-state index contributed by atoms with van der Waals surface area (Å²) in [4.78, 5) is 0. The quantitative estimate of drug-likeness (QED) is 0.533. The van der Waals surface area contributed by atoms with Crippen LogP contribution >= 0.6 is 11.6 Å². The van der Waals surface area contributed by atoms with Crippen LogP contribution < -0.4 is 0 Å². The second-order valence-electron chi connectivity index (χ2n) is 4.87. The molecule has 0 saturated heterocycles. The molecule has 2 rings (SSSR count). The third-order valence-electron chi connectivity index (χ3n) is 3.55. The van der Waals surface area contributed by atoms with E-state index in [9.17, 15) is 8.78 Å². The molecule has 0 bridgehead atoms. The summed E-state index contributed by atoms with van der Waals surface area (Å²) in [5, 5.41) is 0.172. The average Bonchev–Trinajstić information content (AvgIpc) is 2.50. The van der Waals surface area contributed by atoms with Gasteiger partial charge in [0.1, 0.15) is 0 Å². The summed E-state index contributed by atoms with van der Waals surface area (Å²) >= 11 is 6.34. The van der Waals surface area contributed by atoms with Crippen LogP contribution in [0.1, 0.15) is 37.7 Å². The van der Waals surface area contributed by atoms with Crippen molar-refractivity contribution in [3.05, 3.63) is 35.4 Å². The highest BCUT2D eigenvalue weighted by molar-refractivity contribution is 6.20. The number of benzene rings is 1. The standard InChI is InChI=1S/C14H17ClF2/c15-12-5-3-1-2-4-11(12)8-10-6-7-13(16)14(17)9-10/h6-7,9,11-12H,1-5,8H2. The summed E-state index contributed by atoms with van der Waals surface area (Å²) in [6.07, 6.45) is 6.49. The topological polar surface area (TPSA) is 0 Å². The van der Waals surface area contributed by atoms with Gasteiger partial charge in [0.15, 0.2) is 11.6 Å². The second kappa shape index (κ2) is 5.81. The monoisotopic (exact) mass is 258 g/mol. The van der Waals surface area contributed by atoms with Crippen LogP contribution in [-0.4, -0.2) is 5.38 Å². The van der Waals surface area contributed by atoms with Crippen molar-refractivity contribution in [2.24, 2.45) is 5.92 Å². The van der Waals surface area contributed by atoms with Gasteiger partial charge in [-0.05, 0) is 42.9 Å². The van der Waals surface area contributed by atoms with Gasteiger partial charge in [-0.2, -0.15) is 0 Å². The zero-order valence-electron chi connectivity index (χ0n) is 9.76. The van der Waals surface area contributed by atoms with Crippen LogP contribution in [0, 0.1) is 17.6 Å². The van der Waals surface area contributed by atoms with E-state index in [4.69, 9.17) is 11.6 Å². The second-order valence-corrected chi connectivity index (χ2v) is 5.43. The van der Waals surface area contributed by atoms with E-state index in [1.54, 1.807) is 6.07 Å². The number of alkyl halides is 1. The number of hydrogen-bond acceptors (Lipinski definition) is 0. The van der Waals surface area contributed by atoms with Gasteiger partial charge in [-0.3, -0.25) is 0 Å². The Hall–Kier alpha value is -0.630. The first kappa shape index (κ1) is 12.8. The van der Waals surface area contributed by atoms with Gasteiger partial charge < -0.3 is 0 Å². The predicted octanol–water partition coefficient (Wildman–Crippen LogP) is 4.70. The van der Waals surface area contributed by atoms with Crippen LogP contribution in [0.2, 0.25) is 0 Å². The van der Waals surface area contributed by atoms with E-state index < -0.39 is 11.6 Å². The van der Waals surface area contributed by atoms with Crippen molar-refractivity contribution in [1.82, 2.24) is 0 Å². The lowest BCUT2D eigenvalue weighted by Crippen LogP contribution is -2.16. The molecule has 0 N–H and O–H groups in total. The van der Waals surface area contributed by atoms with Gasteiger partial charge in [-0.25, -0.2) is 8.78 Å². The molecular formula is C14H17ClF2. The van der Waals surface area contributed by atoms with Crippen LogP contribution in [0.4, 0.5) is 8.78 Å². The minimum Gasteiger partial charge on any atom is -0.204 e. The van der Waals surface area contributed by atoms with Crippen molar-refractivity contribution >= 4 is 11.6 Å². The highest BCUT2D eigenvalue weighted by atomic mass is 35.5. The molecule has 0 nitrogen and oxygen atoms in total. The molecular weight excluding hydrogens is 242 g/mol. The Morgan fingerprint density at radius 3 is 2.59 bits per heavy atom. The first-order valence-electron chi connectivity index (χ1n) is 6.25. The lowest BCUT2D eigenvalue weighted by atomic mass is 9.92. The highest BCUT2D eigenvalue weighted by Crippen LogP contribution is 2.30. The Kier molecular flexibility index (Phi) is 4.38. The van der Waals surface area contributed by atoms with Gasteiger partial charge in [-0.1, -0.05) is 25.3 Å². The number of halogens is 3. The molecule has 0 heterocycles. The summed E-state index contributed by atoms with van der Waals surface area (Å²) in [6, 6.07) is 4.15. The summed E-state index contributed by atoms with van der Waals surface area (Å²) in [7, 11) is 0. The van der Waals surface area contributed by atoms with Crippen LogP contribution in [0.5, 0.6) is 0 Å². The highest BCUT2D eigenvalue weighted by Gasteiger charge is 2.22. The maximum absolute atomic E-state index is 13.1. The van der Waals surface area contributed by atoms with Crippen LogP contribution in [0.15, 0.2) is 18.2 Å². The summed E-state index contributed by atoms with van der Waals surface area (Å²) in [5.41, 5.74) is 0.849. The van der Waals surface area contributed by atoms with Crippen molar-refractivity contribution < 1.29 is 8.78 Å². The molecule has 0 aromatic heterocycles. The van der Waals surface area contributed by atoms with Crippen molar-refractivity contribution in [2.45, 2.75) is 43.9 Å². The largest absolute Gasteiger partial charge is 0.204 e. The Morgan fingerprint density at radius 2 is 1.82 bits per heavy atom. The molecule has 0 spiro atoms. The molecule has 1 aromatic rings. The predicted molar refractivity (Wildman–Crippen MR) is 66.3 cm³/mol. The lowest BCUT2D eigenvalue weighted by molar-refractivity contribution is 0.460. The van der Waals surface area contributed by atoms with Crippen molar-refractivity contribution in [3.8, 4) is 0 Å². The smallest absolute Gasteiger partial charge is 0.159 e. The number of hydrogen-bond donors (Lipinski definition) is 0. The zero-order valence-corrected chi connectivity index (χ0v) is 10.5.